The van der Waals surface area contributed by atoms with Gasteiger partial charge in [0.25, 0.3) is 5.91 Å². The second kappa shape index (κ2) is 10.6. The van der Waals surface area contributed by atoms with Gasteiger partial charge in [0.1, 0.15) is 40.6 Å². The Balaban J connectivity index is 1.55. The fraction of sp³-hybridized carbons (Fsp3) is 0.258. The van der Waals surface area contributed by atoms with Crippen molar-refractivity contribution in [3.8, 4) is 17.2 Å². The first-order valence-corrected chi connectivity index (χ1v) is 13.0. The van der Waals surface area contributed by atoms with Crippen LogP contribution in [0.2, 0.25) is 0 Å². The molecule has 1 heterocycles. The summed E-state index contributed by atoms with van der Waals surface area (Å²) in [6.45, 7) is 4.81. The lowest BCUT2D eigenvalue weighted by Gasteiger charge is -2.28. The van der Waals surface area contributed by atoms with Crippen LogP contribution in [0, 0.1) is 6.92 Å². The van der Waals surface area contributed by atoms with Crippen molar-refractivity contribution in [1.29, 1.82) is 0 Å². The molecule has 1 aliphatic carbocycles. The number of rotatable bonds is 8. The maximum absolute atomic E-state index is 13.9. The summed E-state index contributed by atoms with van der Waals surface area (Å²) in [5.41, 5.74) is 0.368. The summed E-state index contributed by atoms with van der Waals surface area (Å²) in [5, 5.41) is 39.6. The van der Waals surface area contributed by atoms with E-state index in [2.05, 4.69) is 10.5 Å². The zero-order chi connectivity index (χ0) is 29.5. The predicted molar refractivity (Wildman–Crippen MR) is 151 cm³/mol. The van der Waals surface area contributed by atoms with Gasteiger partial charge in [-0.3, -0.25) is 9.59 Å². The molecule has 0 spiro atoms. The van der Waals surface area contributed by atoms with Crippen molar-refractivity contribution in [2.75, 3.05) is 20.3 Å². The number of amides is 1. The highest BCUT2D eigenvalue weighted by molar-refractivity contribution is 6.27. The minimum atomic E-state index is -1.58. The normalized spacial score (nSPS) is 18.0. The lowest BCUT2D eigenvalue weighted by Crippen LogP contribution is -2.39. The Kier molecular flexibility index (Phi) is 7.18. The number of carbonyl (C=O) groups is 2. The smallest absolute Gasteiger partial charge is 0.259 e. The maximum Gasteiger partial charge on any atom is 0.259 e. The first-order chi connectivity index (χ1) is 19.6. The monoisotopic (exact) mass is 558 g/mol. The number of Topliss-reactive ketones (excluding diaryl/α,β-unsaturated/α-hetero) is 1. The summed E-state index contributed by atoms with van der Waals surface area (Å²) in [6, 6.07) is 13.2. The molecule has 0 bridgehead atoms. The summed E-state index contributed by atoms with van der Waals surface area (Å²) in [7, 11) is 1.36. The van der Waals surface area contributed by atoms with Crippen LogP contribution in [-0.4, -0.2) is 53.0 Å². The number of phenols is 1. The average molecular weight is 559 g/mol. The van der Waals surface area contributed by atoms with Crippen molar-refractivity contribution in [3.05, 3.63) is 87.9 Å². The standard InChI is InChI=1S/C31H30N2O8/c1-16-9-10-18-7-5-6-8-19(18)20(16)15-32-30(38)26-23(39-4)13-22(36)27-28(26)41-24-14-21(35)25(29(37)31(24,27)3)17(2)33-40-12-11-34/h5-10,13-14,34-36H,11-12,15H2,1-4H3,(H,32,38)/b33-17+/t31-/m1/s1. The number of aryl methyl sites for hydroxylation is 1. The van der Waals surface area contributed by atoms with Gasteiger partial charge in [-0.2, -0.15) is 0 Å². The number of benzene rings is 3. The fourth-order valence-corrected chi connectivity index (χ4v) is 5.40. The molecule has 1 aliphatic heterocycles. The van der Waals surface area contributed by atoms with E-state index in [0.29, 0.717) is 0 Å². The molecule has 10 heteroatoms. The molecule has 3 aromatic carbocycles. The van der Waals surface area contributed by atoms with Gasteiger partial charge in [-0.05, 0) is 42.7 Å². The minimum Gasteiger partial charge on any atom is -0.507 e. The number of phenolic OH excluding ortho intramolecular Hbond substituents is 1. The van der Waals surface area contributed by atoms with E-state index in [1.54, 1.807) is 0 Å². The third kappa shape index (κ3) is 4.46. The van der Waals surface area contributed by atoms with E-state index in [1.165, 1.54) is 33.1 Å². The highest BCUT2D eigenvalue weighted by atomic mass is 16.6. The summed E-state index contributed by atoms with van der Waals surface area (Å²) in [5.74, 6) is -1.83. The Hall–Kier alpha value is -4.83. The Morgan fingerprint density at radius 3 is 2.66 bits per heavy atom. The van der Waals surface area contributed by atoms with Gasteiger partial charge in [0.05, 0.1) is 30.6 Å². The van der Waals surface area contributed by atoms with Crippen LogP contribution in [0.1, 0.15) is 40.9 Å². The highest BCUT2D eigenvalue weighted by Gasteiger charge is 2.55. The van der Waals surface area contributed by atoms with Crippen LogP contribution in [-0.2, 0) is 21.6 Å². The Labute approximate surface area is 236 Å². The summed E-state index contributed by atoms with van der Waals surface area (Å²) >= 11 is 0. The molecule has 10 nitrogen and oxygen atoms in total. The largest absolute Gasteiger partial charge is 0.507 e. The number of aliphatic hydroxyl groups excluding tert-OH is 2. The van der Waals surface area contributed by atoms with Crippen LogP contribution in [0.25, 0.3) is 10.8 Å². The van der Waals surface area contributed by atoms with Crippen molar-refractivity contribution in [2.24, 2.45) is 5.16 Å². The molecule has 4 N–H and O–H groups in total. The van der Waals surface area contributed by atoms with Gasteiger partial charge in [0, 0.05) is 18.7 Å². The number of nitrogens with zero attached hydrogens (tertiary/aromatic N) is 1. The highest BCUT2D eigenvalue weighted by Crippen LogP contribution is 2.56. The van der Waals surface area contributed by atoms with Crippen molar-refractivity contribution in [2.45, 2.75) is 32.7 Å². The maximum atomic E-state index is 13.9. The molecule has 2 aliphatic rings. The molecule has 0 saturated carbocycles. The number of hydrogen-bond donors (Lipinski definition) is 4. The van der Waals surface area contributed by atoms with Crippen LogP contribution >= 0.6 is 0 Å². The molecule has 5 rings (SSSR count). The molecule has 1 amide bonds. The number of allylic oxidation sites excluding steroid dienone is 3. The van der Waals surface area contributed by atoms with E-state index in [0.717, 1.165) is 21.9 Å². The fourth-order valence-electron chi connectivity index (χ4n) is 5.40. The molecule has 41 heavy (non-hydrogen) atoms. The second-order valence-corrected chi connectivity index (χ2v) is 10.0. The van der Waals surface area contributed by atoms with Gasteiger partial charge in [-0.25, -0.2) is 0 Å². The molecule has 0 unspecified atom stereocenters. The van der Waals surface area contributed by atoms with Crippen molar-refractivity contribution >= 4 is 28.2 Å². The molecule has 0 saturated heterocycles. The number of nitrogens with one attached hydrogen (secondary N) is 1. The SMILES string of the molecule is COc1cc(O)c2c(c1C(=O)NCc1c(C)ccc3ccccc13)OC1=CC(O)=C(/C(C)=N/OCCO)C(=O)[C@]12C. The van der Waals surface area contributed by atoms with Crippen LogP contribution in [0.15, 0.2) is 70.8 Å². The predicted octanol–water partition coefficient (Wildman–Crippen LogP) is 4.11. The number of aliphatic hydroxyl groups is 2. The number of aromatic hydroxyl groups is 1. The molecule has 1 atom stereocenters. The Morgan fingerprint density at radius 2 is 1.93 bits per heavy atom. The number of oxime groups is 1. The topological polar surface area (TPSA) is 147 Å². The lowest BCUT2D eigenvalue weighted by molar-refractivity contribution is -0.119. The number of fused-ring (bicyclic) bond motifs is 4. The van der Waals surface area contributed by atoms with Crippen LogP contribution < -0.4 is 14.8 Å². The molecule has 0 aromatic heterocycles. The van der Waals surface area contributed by atoms with Crippen molar-refractivity contribution in [1.82, 2.24) is 5.32 Å². The molecule has 0 radical (unpaired) electrons. The van der Waals surface area contributed by atoms with Crippen LogP contribution in [0.5, 0.6) is 17.2 Å². The average Bonchev–Trinajstić information content (AvgIpc) is 3.25. The third-order valence-electron chi connectivity index (χ3n) is 7.53. The second-order valence-electron chi connectivity index (χ2n) is 10.0. The number of methoxy groups -OCH3 is 1. The van der Waals surface area contributed by atoms with Gasteiger partial charge < -0.3 is 34.9 Å². The van der Waals surface area contributed by atoms with Gasteiger partial charge in [0.15, 0.2) is 11.5 Å². The van der Waals surface area contributed by atoms with E-state index < -0.39 is 22.9 Å². The first kappa shape index (κ1) is 27.7. The summed E-state index contributed by atoms with van der Waals surface area (Å²) < 4.78 is 11.5. The molecule has 0 fully saturated rings. The molecular formula is C31H30N2O8. The lowest BCUT2D eigenvalue weighted by atomic mass is 9.71. The summed E-state index contributed by atoms with van der Waals surface area (Å²) in [6.07, 6.45) is 1.26. The third-order valence-corrected chi connectivity index (χ3v) is 7.53. The van der Waals surface area contributed by atoms with Gasteiger partial charge in [-0.1, -0.05) is 41.6 Å². The minimum absolute atomic E-state index is 0.000206. The molecule has 3 aromatic rings. The number of ketones is 1. The van der Waals surface area contributed by atoms with Gasteiger partial charge >= 0.3 is 0 Å². The Morgan fingerprint density at radius 1 is 1.17 bits per heavy atom. The first-order valence-electron chi connectivity index (χ1n) is 13.0. The number of carbonyl (C=O) groups excluding carboxylic acids is 2. The van der Waals surface area contributed by atoms with Gasteiger partial charge in [0.2, 0.25) is 0 Å². The Bertz CT molecular complexity index is 1690. The van der Waals surface area contributed by atoms with Gasteiger partial charge in [-0.15, -0.1) is 0 Å². The van der Waals surface area contributed by atoms with Crippen molar-refractivity contribution < 1.29 is 39.2 Å². The van der Waals surface area contributed by atoms with E-state index >= 15 is 0 Å². The van der Waals surface area contributed by atoms with E-state index in [4.69, 9.17) is 19.4 Å². The van der Waals surface area contributed by atoms with Crippen molar-refractivity contribution in [3.63, 3.8) is 0 Å². The van der Waals surface area contributed by atoms with E-state index in [9.17, 15) is 19.8 Å². The zero-order valence-corrected chi connectivity index (χ0v) is 23.1. The van der Waals surface area contributed by atoms with E-state index in [-0.39, 0.29) is 65.2 Å². The van der Waals surface area contributed by atoms with Crippen LogP contribution in [0.3, 0.4) is 0 Å². The summed E-state index contributed by atoms with van der Waals surface area (Å²) in [4.78, 5) is 32.6. The molecule has 212 valence electrons. The van der Waals surface area contributed by atoms with Crippen LogP contribution in [0.4, 0.5) is 0 Å². The van der Waals surface area contributed by atoms with E-state index in [1.807, 2.05) is 43.3 Å². The molecular weight excluding hydrogens is 528 g/mol. The number of hydrogen-bond acceptors (Lipinski definition) is 9. The zero-order valence-electron chi connectivity index (χ0n) is 23.1. The quantitative estimate of drug-likeness (QED) is 0.184. The number of ether oxygens (including phenoxy) is 2.